The molecule has 1 aromatic rings. The highest BCUT2D eigenvalue weighted by atomic mass is 35.5. The lowest BCUT2D eigenvalue weighted by Gasteiger charge is -2.36. The first-order valence-corrected chi connectivity index (χ1v) is 8.81. The standard InChI is InChI=1S/C18H26ClN3O2.ClH/c1-13(2)11-16(20)18(24)22-9-7-21(8-10-22)17(23)12-14-5-3-4-6-15(14)19;/h3-6,13,16H,7-12,20H2,1-2H3;1H/t16-;/m0./s1. The average Bonchev–Trinajstić information content (AvgIpc) is 2.55. The van der Waals surface area contributed by atoms with Gasteiger partial charge >= 0.3 is 0 Å². The van der Waals surface area contributed by atoms with E-state index in [-0.39, 0.29) is 24.2 Å². The smallest absolute Gasteiger partial charge is 0.239 e. The minimum absolute atomic E-state index is 0. The molecular formula is C18H27Cl2N3O2. The van der Waals surface area contributed by atoms with Gasteiger partial charge < -0.3 is 15.5 Å². The van der Waals surface area contributed by atoms with Gasteiger partial charge in [0.1, 0.15) is 0 Å². The van der Waals surface area contributed by atoms with Gasteiger partial charge in [-0.25, -0.2) is 0 Å². The van der Waals surface area contributed by atoms with Gasteiger partial charge in [-0.1, -0.05) is 43.6 Å². The van der Waals surface area contributed by atoms with Crippen LogP contribution in [0.4, 0.5) is 0 Å². The highest BCUT2D eigenvalue weighted by molar-refractivity contribution is 6.31. The number of amides is 2. The molecule has 1 fully saturated rings. The van der Waals surface area contributed by atoms with Crippen LogP contribution in [0, 0.1) is 5.92 Å². The van der Waals surface area contributed by atoms with Gasteiger partial charge in [0.05, 0.1) is 12.5 Å². The van der Waals surface area contributed by atoms with Crippen molar-refractivity contribution in [3.05, 3.63) is 34.9 Å². The van der Waals surface area contributed by atoms with Gasteiger partial charge in [-0.2, -0.15) is 0 Å². The molecule has 0 unspecified atom stereocenters. The van der Waals surface area contributed by atoms with Crippen LogP contribution in [0.2, 0.25) is 5.02 Å². The molecule has 1 saturated heterocycles. The lowest BCUT2D eigenvalue weighted by molar-refractivity contribution is -0.140. The van der Waals surface area contributed by atoms with E-state index in [4.69, 9.17) is 17.3 Å². The second-order valence-electron chi connectivity index (χ2n) is 6.71. The number of carbonyl (C=O) groups excluding carboxylic acids is 2. The highest BCUT2D eigenvalue weighted by Crippen LogP contribution is 2.17. The first kappa shape index (κ1) is 21.7. The first-order valence-electron chi connectivity index (χ1n) is 8.44. The minimum Gasteiger partial charge on any atom is -0.339 e. The Balaban J connectivity index is 0.00000312. The Hall–Kier alpha value is -1.30. The van der Waals surface area contributed by atoms with Crippen molar-refractivity contribution < 1.29 is 9.59 Å². The maximum atomic E-state index is 12.4. The Morgan fingerprint density at radius 3 is 2.24 bits per heavy atom. The van der Waals surface area contributed by atoms with Gasteiger partial charge in [0.25, 0.3) is 0 Å². The van der Waals surface area contributed by atoms with Crippen LogP contribution >= 0.6 is 24.0 Å². The zero-order chi connectivity index (χ0) is 17.7. The van der Waals surface area contributed by atoms with Crippen LogP contribution in [-0.2, 0) is 16.0 Å². The van der Waals surface area contributed by atoms with Gasteiger partial charge in [0.2, 0.25) is 11.8 Å². The molecule has 7 heteroatoms. The summed E-state index contributed by atoms with van der Waals surface area (Å²) in [5.74, 6) is 0.422. The van der Waals surface area contributed by atoms with Crippen LogP contribution in [-0.4, -0.2) is 53.8 Å². The first-order chi connectivity index (χ1) is 11.4. The van der Waals surface area contributed by atoms with Crippen molar-refractivity contribution in [2.45, 2.75) is 32.7 Å². The third-order valence-electron chi connectivity index (χ3n) is 4.29. The molecule has 1 aromatic carbocycles. The van der Waals surface area contributed by atoms with Crippen molar-refractivity contribution in [2.24, 2.45) is 11.7 Å². The second kappa shape index (κ2) is 10.00. The Bertz CT molecular complexity index is 587. The summed E-state index contributed by atoms with van der Waals surface area (Å²) in [4.78, 5) is 28.3. The molecule has 0 bridgehead atoms. The molecule has 0 aliphatic carbocycles. The number of benzene rings is 1. The number of nitrogens with two attached hydrogens (primary N) is 1. The van der Waals surface area contributed by atoms with E-state index in [1.807, 2.05) is 18.2 Å². The second-order valence-corrected chi connectivity index (χ2v) is 7.12. The van der Waals surface area contributed by atoms with E-state index in [9.17, 15) is 9.59 Å². The number of halogens is 2. The van der Waals surface area contributed by atoms with Gasteiger partial charge in [0, 0.05) is 31.2 Å². The minimum atomic E-state index is -0.449. The average molecular weight is 388 g/mol. The van der Waals surface area contributed by atoms with Crippen molar-refractivity contribution in [2.75, 3.05) is 26.2 Å². The fraction of sp³-hybridized carbons (Fsp3) is 0.556. The zero-order valence-corrected chi connectivity index (χ0v) is 16.4. The summed E-state index contributed by atoms with van der Waals surface area (Å²) in [5, 5.41) is 0.610. The number of carbonyl (C=O) groups is 2. The molecule has 1 aliphatic heterocycles. The summed E-state index contributed by atoms with van der Waals surface area (Å²) < 4.78 is 0. The number of hydrogen-bond acceptors (Lipinski definition) is 3. The predicted octanol–water partition coefficient (Wildman–Crippen LogP) is 2.35. The van der Waals surface area contributed by atoms with E-state index in [0.717, 1.165) is 5.56 Å². The molecule has 25 heavy (non-hydrogen) atoms. The lowest BCUT2D eigenvalue weighted by atomic mass is 10.0. The molecule has 1 aliphatic rings. The monoisotopic (exact) mass is 387 g/mol. The van der Waals surface area contributed by atoms with Gasteiger partial charge in [-0.15, -0.1) is 12.4 Å². The van der Waals surface area contributed by atoms with Crippen molar-refractivity contribution >= 4 is 35.8 Å². The van der Waals surface area contributed by atoms with Crippen LogP contribution in [0.15, 0.2) is 24.3 Å². The van der Waals surface area contributed by atoms with E-state index in [2.05, 4.69) is 13.8 Å². The molecule has 2 N–H and O–H groups in total. The number of piperazine rings is 1. The quantitative estimate of drug-likeness (QED) is 0.842. The van der Waals surface area contributed by atoms with E-state index in [0.29, 0.717) is 50.0 Å². The summed E-state index contributed by atoms with van der Waals surface area (Å²) in [6.45, 7) is 6.28. The summed E-state index contributed by atoms with van der Waals surface area (Å²) in [7, 11) is 0. The van der Waals surface area contributed by atoms with Crippen LogP contribution < -0.4 is 5.73 Å². The van der Waals surface area contributed by atoms with E-state index >= 15 is 0 Å². The topological polar surface area (TPSA) is 66.6 Å². The van der Waals surface area contributed by atoms with Crippen LogP contribution in [0.3, 0.4) is 0 Å². The lowest BCUT2D eigenvalue weighted by Crippen LogP contribution is -2.54. The number of nitrogens with zero attached hydrogens (tertiary/aromatic N) is 2. The molecule has 2 amide bonds. The molecule has 0 saturated carbocycles. The summed E-state index contributed by atoms with van der Waals surface area (Å²) in [5.41, 5.74) is 6.81. The molecule has 140 valence electrons. The molecule has 1 atom stereocenters. The van der Waals surface area contributed by atoms with Gasteiger partial charge in [0.15, 0.2) is 0 Å². The van der Waals surface area contributed by atoms with Crippen molar-refractivity contribution in [3.63, 3.8) is 0 Å². The van der Waals surface area contributed by atoms with Crippen LogP contribution in [0.5, 0.6) is 0 Å². The Morgan fingerprint density at radius 2 is 1.68 bits per heavy atom. The van der Waals surface area contributed by atoms with E-state index in [1.165, 1.54) is 0 Å². The van der Waals surface area contributed by atoms with Gasteiger partial charge in [-0.05, 0) is 24.0 Å². The molecule has 5 nitrogen and oxygen atoms in total. The Labute approximate surface area is 160 Å². The van der Waals surface area contributed by atoms with Crippen LogP contribution in [0.25, 0.3) is 0 Å². The van der Waals surface area contributed by atoms with E-state index < -0.39 is 6.04 Å². The highest BCUT2D eigenvalue weighted by Gasteiger charge is 2.27. The number of hydrogen-bond donors (Lipinski definition) is 1. The SMILES string of the molecule is CC(C)C[C@H](N)C(=O)N1CCN(C(=O)Cc2ccccc2Cl)CC1.Cl. The maximum Gasteiger partial charge on any atom is 0.239 e. The van der Waals surface area contributed by atoms with Crippen molar-refractivity contribution in [1.29, 1.82) is 0 Å². The van der Waals surface area contributed by atoms with Gasteiger partial charge in [-0.3, -0.25) is 9.59 Å². The maximum absolute atomic E-state index is 12.4. The Morgan fingerprint density at radius 1 is 1.12 bits per heavy atom. The number of rotatable bonds is 5. The summed E-state index contributed by atoms with van der Waals surface area (Å²) in [6.07, 6.45) is 0.977. The van der Waals surface area contributed by atoms with Crippen LogP contribution in [0.1, 0.15) is 25.8 Å². The largest absolute Gasteiger partial charge is 0.339 e. The third-order valence-corrected chi connectivity index (χ3v) is 4.65. The zero-order valence-electron chi connectivity index (χ0n) is 14.8. The third kappa shape index (κ3) is 6.17. The normalized spacial score (nSPS) is 15.7. The van der Waals surface area contributed by atoms with Crippen molar-refractivity contribution in [1.82, 2.24) is 9.80 Å². The molecular weight excluding hydrogens is 361 g/mol. The Kier molecular flexibility index (Phi) is 8.69. The summed E-state index contributed by atoms with van der Waals surface area (Å²) in [6, 6.07) is 6.93. The fourth-order valence-corrected chi connectivity index (χ4v) is 3.14. The molecule has 2 rings (SSSR count). The molecule has 0 radical (unpaired) electrons. The fourth-order valence-electron chi connectivity index (χ4n) is 2.94. The molecule has 0 aromatic heterocycles. The predicted molar refractivity (Wildman–Crippen MR) is 103 cm³/mol. The summed E-state index contributed by atoms with van der Waals surface area (Å²) >= 11 is 6.11. The molecule has 1 heterocycles. The van der Waals surface area contributed by atoms with Crippen molar-refractivity contribution in [3.8, 4) is 0 Å². The van der Waals surface area contributed by atoms with E-state index in [1.54, 1.807) is 15.9 Å². The molecule has 0 spiro atoms.